The molecule has 0 bridgehead atoms. The van der Waals surface area contributed by atoms with Crippen LogP contribution in [0.15, 0.2) is 27.9 Å². The molecule has 2 aromatic rings. The Morgan fingerprint density at radius 2 is 2.29 bits per heavy atom. The van der Waals surface area contributed by atoms with Crippen LogP contribution in [0.4, 0.5) is 5.69 Å². The van der Waals surface area contributed by atoms with E-state index in [0.717, 1.165) is 18.8 Å². The highest BCUT2D eigenvalue weighted by atomic mass is 79.9. The van der Waals surface area contributed by atoms with Crippen molar-refractivity contribution < 1.29 is 0 Å². The Morgan fingerprint density at radius 1 is 1.48 bits per heavy atom. The van der Waals surface area contributed by atoms with Crippen LogP contribution >= 0.6 is 15.9 Å². The predicted molar refractivity (Wildman–Crippen MR) is 85.5 cm³/mol. The SMILES string of the molecule is CN(C)CCn1ncc(NCCc2ncc[nH]2)c(Br)c1=O. The Balaban J connectivity index is 1.97. The van der Waals surface area contributed by atoms with Crippen molar-refractivity contribution in [3.05, 3.63) is 39.2 Å². The van der Waals surface area contributed by atoms with Crippen molar-refractivity contribution in [3.63, 3.8) is 0 Å². The third kappa shape index (κ3) is 4.40. The highest BCUT2D eigenvalue weighted by Gasteiger charge is 2.08. The monoisotopic (exact) mass is 354 g/mol. The lowest BCUT2D eigenvalue weighted by molar-refractivity contribution is 0.367. The fraction of sp³-hybridized carbons (Fsp3) is 0.462. The summed E-state index contributed by atoms with van der Waals surface area (Å²) in [6, 6.07) is 0. The Kier molecular flexibility index (Phi) is 5.51. The van der Waals surface area contributed by atoms with Crippen molar-refractivity contribution in [1.82, 2.24) is 24.6 Å². The van der Waals surface area contributed by atoms with Crippen LogP contribution in [0.1, 0.15) is 5.82 Å². The van der Waals surface area contributed by atoms with Gasteiger partial charge in [-0.2, -0.15) is 5.10 Å². The van der Waals surface area contributed by atoms with Gasteiger partial charge in [0.2, 0.25) is 0 Å². The first-order valence-electron chi connectivity index (χ1n) is 6.70. The zero-order valence-electron chi connectivity index (χ0n) is 12.1. The van der Waals surface area contributed by atoms with Gasteiger partial charge in [0.15, 0.2) is 0 Å². The zero-order chi connectivity index (χ0) is 15.2. The minimum atomic E-state index is -0.125. The summed E-state index contributed by atoms with van der Waals surface area (Å²) in [5.41, 5.74) is 0.576. The van der Waals surface area contributed by atoms with E-state index < -0.39 is 0 Å². The van der Waals surface area contributed by atoms with E-state index in [1.165, 1.54) is 4.68 Å². The van der Waals surface area contributed by atoms with E-state index in [1.807, 2.05) is 19.0 Å². The van der Waals surface area contributed by atoms with E-state index in [0.29, 0.717) is 23.2 Å². The van der Waals surface area contributed by atoms with E-state index in [4.69, 9.17) is 0 Å². The number of hydrogen-bond donors (Lipinski definition) is 2. The summed E-state index contributed by atoms with van der Waals surface area (Å²) >= 11 is 3.34. The number of likely N-dealkylation sites (N-methyl/N-ethyl adjacent to an activating group) is 1. The molecule has 0 radical (unpaired) electrons. The minimum absolute atomic E-state index is 0.125. The van der Waals surface area contributed by atoms with Crippen LogP contribution in [0.5, 0.6) is 0 Å². The summed E-state index contributed by atoms with van der Waals surface area (Å²) in [6.45, 7) is 2.01. The number of anilines is 1. The van der Waals surface area contributed by atoms with Gasteiger partial charge >= 0.3 is 0 Å². The van der Waals surface area contributed by atoms with Crippen LogP contribution < -0.4 is 10.9 Å². The first kappa shape index (κ1) is 15.7. The van der Waals surface area contributed by atoms with E-state index in [9.17, 15) is 4.79 Å². The van der Waals surface area contributed by atoms with Crippen LogP contribution in [0.2, 0.25) is 0 Å². The minimum Gasteiger partial charge on any atom is -0.382 e. The molecule has 7 nitrogen and oxygen atoms in total. The standard InChI is InChI=1S/C13H19BrN6O/c1-19(2)7-8-20-13(21)12(14)10(9-18-20)15-4-3-11-16-5-6-17-11/h5-6,9,15H,3-4,7-8H2,1-2H3,(H,16,17). The second-order valence-electron chi connectivity index (χ2n) is 4.92. The number of aromatic amines is 1. The van der Waals surface area contributed by atoms with Crippen molar-refractivity contribution in [3.8, 4) is 0 Å². The lowest BCUT2D eigenvalue weighted by Gasteiger charge is -2.12. The van der Waals surface area contributed by atoms with Gasteiger partial charge in [-0.05, 0) is 30.0 Å². The molecule has 2 N–H and O–H groups in total. The highest BCUT2D eigenvalue weighted by Crippen LogP contribution is 2.15. The maximum atomic E-state index is 12.2. The Hall–Kier alpha value is -1.67. The molecule has 0 saturated heterocycles. The maximum Gasteiger partial charge on any atom is 0.283 e. The van der Waals surface area contributed by atoms with Crippen molar-refractivity contribution in [2.45, 2.75) is 13.0 Å². The molecule has 0 aliphatic carbocycles. The average molecular weight is 355 g/mol. The number of nitrogens with zero attached hydrogens (tertiary/aromatic N) is 4. The molecule has 0 atom stereocenters. The molecule has 0 amide bonds. The third-order valence-corrected chi connectivity index (χ3v) is 3.74. The number of halogens is 1. The van der Waals surface area contributed by atoms with E-state index in [-0.39, 0.29) is 5.56 Å². The number of hydrogen-bond acceptors (Lipinski definition) is 5. The van der Waals surface area contributed by atoms with Gasteiger partial charge in [0.1, 0.15) is 10.3 Å². The van der Waals surface area contributed by atoms with Gasteiger partial charge in [-0.25, -0.2) is 9.67 Å². The molecule has 2 heterocycles. The molecule has 2 aromatic heterocycles. The lowest BCUT2D eigenvalue weighted by atomic mass is 10.4. The van der Waals surface area contributed by atoms with Crippen LogP contribution in [0, 0.1) is 0 Å². The number of rotatable bonds is 7. The third-order valence-electron chi connectivity index (χ3n) is 2.98. The van der Waals surface area contributed by atoms with Crippen molar-refractivity contribution in [2.75, 3.05) is 32.5 Å². The van der Waals surface area contributed by atoms with Crippen LogP contribution in [0.25, 0.3) is 0 Å². The van der Waals surface area contributed by atoms with Gasteiger partial charge < -0.3 is 15.2 Å². The normalized spacial score (nSPS) is 11.0. The summed E-state index contributed by atoms with van der Waals surface area (Å²) in [5.74, 6) is 0.908. The molecular weight excluding hydrogens is 336 g/mol. The predicted octanol–water partition coefficient (Wildman–Crippen LogP) is 0.945. The van der Waals surface area contributed by atoms with Crippen molar-refractivity contribution in [2.24, 2.45) is 0 Å². The summed E-state index contributed by atoms with van der Waals surface area (Å²) in [7, 11) is 3.93. The fourth-order valence-corrected chi connectivity index (χ4v) is 2.24. The molecule has 21 heavy (non-hydrogen) atoms. The number of aromatic nitrogens is 4. The van der Waals surface area contributed by atoms with Crippen molar-refractivity contribution in [1.29, 1.82) is 0 Å². The number of H-pyrrole nitrogens is 1. The summed E-state index contributed by atoms with van der Waals surface area (Å²) in [4.78, 5) is 21.4. The van der Waals surface area contributed by atoms with Gasteiger partial charge in [-0.3, -0.25) is 4.79 Å². The molecule has 0 fully saturated rings. The Morgan fingerprint density at radius 3 is 2.95 bits per heavy atom. The highest BCUT2D eigenvalue weighted by molar-refractivity contribution is 9.10. The molecule has 2 rings (SSSR count). The molecular formula is C13H19BrN6O. The molecule has 0 aliphatic heterocycles. The van der Waals surface area contributed by atoms with Gasteiger partial charge in [-0.1, -0.05) is 0 Å². The zero-order valence-corrected chi connectivity index (χ0v) is 13.7. The lowest BCUT2D eigenvalue weighted by Crippen LogP contribution is -2.29. The fourth-order valence-electron chi connectivity index (χ4n) is 1.79. The quantitative estimate of drug-likeness (QED) is 0.773. The first-order chi connectivity index (χ1) is 10.1. The van der Waals surface area contributed by atoms with E-state index >= 15 is 0 Å². The van der Waals surface area contributed by atoms with Crippen LogP contribution in [-0.2, 0) is 13.0 Å². The summed E-state index contributed by atoms with van der Waals surface area (Å²) in [5, 5.41) is 7.38. The van der Waals surface area contributed by atoms with Gasteiger partial charge in [-0.15, -0.1) is 0 Å². The molecule has 0 unspecified atom stereocenters. The van der Waals surface area contributed by atoms with Gasteiger partial charge in [0.25, 0.3) is 5.56 Å². The molecule has 0 spiro atoms. The molecule has 8 heteroatoms. The topological polar surface area (TPSA) is 78.8 Å². The van der Waals surface area contributed by atoms with Crippen LogP contribution in [0.3, 0.4) is 0 Å². The Labute approximate surface area is 131 Å². The van der Waals surface area contributed by atoms with Crippen LogP contribution in [-0.4, -0.2) is 51.8 Å². The second kappa shape index (κ2) is 7.37. The number of nitrogens with one attached hydrogen (secondary N) is 2. The Bertz CT molecular complexity index is 622. The molecule has 0 saturated carbocycles. The summed E-state index contributed by atoms with van der Waals surface area (Å²) < 4.78 is 1.97. The van der Waals surface area contributed by atoms with Gasteiger partial charge in [0.05, 0.1) is 18.4 Å². The molecule has 0 aliphatic rings. The molecule has 0 aromatic carbocycles. The molecule has 114 valence electrons. The number of imidazole rings is 1. The van der Waals surface area contributed by atoms with Gasteiger partial charge in [0, 0.05) is 31.9 Å². The largest absolute Gasteiger partial charge is 0.382 e. The maximum absolute atomic E-state index is 12.2. The van der Waals surface area contributed by atoms with E-state index in [1.54, 1.807) is 18.6 Å². The summed E-state index contributed by atoms with van der Waals surface area (Å²) in [6.07, 6.45) is 5.93. The smallest absolute Gasteiger partial charge is 0.283 e. The second-order valence-corrected chi connectivity index (χ2v) is 5.71. The average Bonchev–Trinajstić information content (AvgIpc) is 2.95. The van der Waals surface area contributed by atoms with E-state index in [2.05, 4.69) is 36.3 Å². The first-order valence-corrected chi connectivity index (χ1v) is 7.49. The van der Waals surface area contributed by atoms with Crippen molar-refractivity contribution >= 4 is 21.6 Å².